The summed E-state index contributed by atoms with van der Waals surface area (Å²) in [6.45, 7) is 0. The van der Waals surface area contributed by atoms with Gasteiger partial charge in [0.25, 0.3) is 11.6 Å². The Bertz CT molecular complexity index is 1110. The van der Waals surface area contributed by atoms with Gasteiger partial charge in [-0.15, -0.1) is 0 Å². The zero-order chi connectivity index (χ0) is 20.1. The Labute approximate surface area is 173 Å². The van der Waals surface area contributed by atoms with Gasteiger partial charge in [-0.3, -0.25) is 14.9 Å². The molecule has 0 spiro atoms. The van der Waals surface area contributed by atoms with Crippen LogP contribution in [0.1, 0.15) is 5.76 Å². The molecule has 1 heterocycles. The van der Waals surface area contributed by atoms with Gasteiger partial charge < -0.3 is 9.73 Å². The van der Waals surface area contributed by atoms with E-state index in [4.69, 9.17) is 4.42 Å². The van der Waals surface area contributed by atoms with Gasteiger partial charge in [0.15, 0.2) is 0 Å². The van der Waals surface area contributed by atoms with Gasteiger partial charge in [0, 0.05) is 33.0 Å². The fourth-order valence-corrected chi connectivity index (χ4v) is 2.93. The molecule has 0 fully saturated rings. The molecule has 2 aromatic carbocycles. The number of carbonyl (C=O) groups excluding carboxylic acids is 1. The lowest BCUT2D eigenvalue weighted by atomic mass is 10.1. The summed E-state index contributed by atoms with van der Waals surface area (Å²) in [6.07, 6.45) is 1.35. The third-order valence-corrected chi connectivity index (χ3v) is 4.39. The molecule has 1 amide bonds. The smallest absolute Gasteiger partial charge is 0.269 e. The molecule has 3 aromatic rings. The molecule has 1 aromatic heterocycles. The van der Waals surface area contributed by atoms with Crippen LogP contribution in [0.3, 0.4) is 0 Å². The van der Waals surface area contributed by atoms with Crippen molar-refractivity contribution in [3.63, 3.8) is 0 Å². The van der Waals surface area contributed by atoms with E-state index < -0.39 is 10.8 Å². The third-order valence-electron chi connectivity index (χ3n) is 3.72. The molecule has 1 N–H and O–H groups in total. The normalized spacial score (nSPS) is 10.9. The Hall–Kier alpha value is -3.45. The molecule has 0 atom stereocenters. The Morgan fingerprint density at radius 2 is 1.93 bits per heavy atom. The zero-order valence-electron chi connectivity index (χ0n) is 14.3. The van der Waals surface area contributed by atoms with E-state index >= 15 is 0 Å². The Morgan fingerprint density at radius 3 is 2.57 bits per heavy atom. The molecule has 0 aliphatic rings. The van der Waals surface area contributed by atoms with Crippen molar-refractivity contribution in [2.75, 3.05) is 5.32 Å². The Morgan fingerprint density at radius 1 is 1.18 bits per heavy atom. The zero-order valence-corrected chi connectivity index (χ0v) is 16.4. The van der Waals surface area contributed by atoms with Gasteiger partial charge in [0.1, 0.15) is 23.2 Å². The van der Waals surface area contributed by atoms with Crippen LogP contribution in [0.15, 0.2) is 70.7 Å². The lowest BCUT2D eigenvalue weighted by Gasteiger charge is -2.04. The third kappa shape index (κ3) is 4.63. The van der Waals surface area contributed by atoms with E-state index in [9.17, 15) is 20.2 Å². The summed E-state index contributed by atoms with van der Waals surface area (Å²) < 4.78 is 6.60. The average molecular weight is 485 g/mol. The molecule has 0 unspecified atom stereocenters. The van der Waals surface area contributed by atoms with Crippen molar-refractivity contribution >= 4 is 45.9 Å². The minimum absolute atomic E-state index is 0.0190. The highest BCUT2D eigenvalue weighted by Crippen LogP contribution is 2.25. The lowest BCUT2D eigenvalue weighted by molar-refractivity contribution is -0.384. The number of nitrogens with one attached hydrogen (secondary N) is 1. The first-order chi connectivity index (χ1) is 13.5. The van der Waals surface area contributed by atoms with E-state index in [1.54, 1.807) is 42.5 Å². The average Bonchev–Trinajstić information content (AvgIpc) is 3.14. The van der Waals surface area contributed by atoms with Gasteiger partial charge >= 0.3 is 0 Å². The summed E-state index contributed by atoms with van der Waals surface area (Å²) in [5.41, 5.74) is 1.11. The first-order valence-electron chi connectivity index (χ1n) is 7.99. The SMILES string of the molecule is N#C/C(=C\c1ccc(-c2ccc([N+](=O)[O-])cc2)o1)C(=O)Nc1cccc(I)c1. The van der Waals surface area contributed by atoms with Crippen molar-refractivity contribution < 1.29 is 14.1 Å². The summed E-state index contributed by atoms with van der Waals surface area (Å²) in [4.78, 5) is 22.6. The Kier molecular flexibility index (Phi) is 5.86. The van der Waals surface area contributed by atoms with Crippen LogP contribution in [0.5, 0.6) is 0 Å². The first kappa shape index (κ1) is 19.3. The second kappa shape index (κ2) is 8.49. The van der Waals surface area contributed by atoms with Gasteiger partial charge in [-0.05, 0) is 65.1 Å². The number of hydrogen-bond donors (Lipinski definition) is 1. The minimum Gasteiger partial charge on any atom is -0.457 e. The largest absolute Gasteiger partial charge is 0.457 e. The number of nitro groups is 1. The summed E-state index contributed by atoms with van der Waals surface area (Å²) in [7, 11) is 0. The monoisotopic (exact) mass is 485 g/mol. The van der Waals surface area contributed by atoms with Crippen LogP contribution in [0, 0.1) is 25.0 Å². The number of benzene rings is 2. The summed E-state index contributed by atoms with van der Waals surface area (Å²) in [5.74, 6) is 0.247. The number of halogens is 1. The van der Waals surface area contributed by atoms with Crippen LogP contribution < -0.4 is 5.32 Å². The number of non-ortho nitro benzene ring substituents is 1. The van der Waals surface area contributed by atoms with Crippen molar-refractivity contribution in [3.8, 4) is 17.4 Å². The fourth-order valence-electron chi connectivity index (χ4n) is 2.39. The van der Waals surface area contributed by atoms with Crippen LogP contribution in [-0.2, 0) is 4.79 Å². The maximum Gasteiger partial charge on any atom is 0.269 e. The molecule has 7 nitrogen and oxygen atoms in total. The van der Waals surface area contributed by atoms with E-state index in [-0.39, 0.29) is 11.3 Å². The first-order valence-corrected chi connectivity index (χ1v) is 9.07. The lowest BCUT2D eigenvalue weighted by Crippen LogP contribution is -2.13. The summed E-state index contributed by atoms with van der Waals surface area (Å²) >= 11 is 2.13. The van der Waals surface area contributed by atoms with Crippen LogP contribution >= 0.6 is 22.6 Å². The molecule has 3 rings (SSSR count). The van der Waals surface area contributed by atoms with Gasteiger partial charge in [0.05, 0.1) is 4.92 Å². The van der Waals surface area contributed by atoms with Crippen LogP contribution in [0.4, 0.5) is 11.4 Å². The minimum atomic E-state index is -0.544. The van der Waals surface area contributed by atoms with Crippen molar-refractivity contribution in [1.82, 2.24) is 0 Å². The van der Waals surface area contributed by atoms with Crippen LogP contribution in [0.2, 0.25) is 0 Å². The molecule has 138 valence electrons. The number of furan rings is 1. The summed E-state index contributed by atoms with van der Waals surface area (Å²) in [6, 6.07) is 18.2. The van der Waals surface area contributed by atoms with Crippen molar-refractivity contribution in [1.29, 1.82) is 5.26 Å². The van der Waals surface area contributed by atoms with E-state index in [2.05, 4.69) is 27.9 Å². The second-order valence-electron chi connectivity index (χ2n) is 5.64. The molecule has 28 heavy (non-hydrogen) atoms. The van der Waals surface area contributed by atoms with Gasteiger partial charge in [0.2, 0.25) is 0 Å². The molecule has 0 saturated carbocycles. The van der Waals surface area contributed by atoms with Crippen LogP contribution in [-0.4, -0.2) is 10.8 Å². The van der Waals surface area contributed by atoms with E-state index in [1.807, 2.05) is 12.1 Å². The highest BCUT2D eigenvalue weighted by molar-refractivity contribution is 14.1. The van der Waals surface area contributed by atoms with E-state index in [0.29, 0.717) is 22.8 Å². The maximum absolute atomic E-state index is 12.3. The predicted octanol–water partition coefficient (Wildman–Crippen LogP) is 5.01. The number of nitriles is 1. The standard InChI is InChI=1S/C20H12IN3O4/c21-15-2-1-3-16(11-15)23-20(25)14(12-22)10-18-8-9-19(28-18)13-4-6-17(7-5-13)24(26)27/h1-11H,(H,23,25)/b14-10+. The molecule has 0 aliphatic carbocycles. The van der Waals surface area contributed by atoms with Crippen molar-refractivity contribution in [3.05, 3.63) is 85.7 Å². The van der Waals surface area contributed by atoms with E-state index in [1.165, 1.54) is 18.2 Å². The number of amides is 1. The Balaban J connectivity index is 1.79. The van der Waals surface area contributed by atoms with E-state index in [0.717, 1.165) is 3.57 Å². The highest BCUT2D eigenvalue weighted by atomic mass is 127. The number of hydrogen-bond acceptors (Lipinski definition) is 5. The molecular weight excluding hydrogens is 473 g/mol. The number of rotatable bonds is 5. The maximum atomic E-state index is 12.3. The molecule has 0 aliphatic heterocycles. The molecule has 0 bridgehead atoms. The van der Waals surface area contributed by atoms with Gasteiger partial charge in [-0.1, -0.05) is 6.07 Å². The topological polar surface area (TPSA) is 109 Å². The van der Waals surface area contributed by atoms with Crippen molar-refractivity contribution in [2.45, 2.75) is 0 Å². The second-order valence-corrected chi connectivity index (χ2v) is 6.89. The van der Waals surface area contributed by atoms with Gasteiger partial charge in [-0.2, -0.15) is 5.26 Å². The number of anilines is 1. The quantitative estimate of drug-likeness (QED) is 0.180. The molecule has 0 radical (unpaired) electrons. The highest BCUT2D eigenvalue weighted by Gasteiger charge is 2.12. The van der Waals surface area contributed by atoms with Gasteiger partial charge in [-0.25, -0.2) is 0 Å². The number of nitro benzene ring substituents is 1. The predicted molar refractivity (Wildman–Crippen MR) is 112 cm³/mol. The molecule has 0 saturated heterocycles. The fraction of sp³-hybridized carbons (Fsp3) is 0. The number of nitrogens with zero attached hydrogens (tertiary/aromatic N) is 2. The molecule has 8 heteroatoms. The van der Waals surface area contributed by atoms with Crippen LogP contribution in [0.25, 0.3) is 17.4 Å². The molecular formula is C20H12IN3O4. The summed E-state index contributed by atoms with van der Waals surface area (Å²) in [5, 5.41) is 22.7. The van der Waals surface area contributed by atoms with Crippen molar-refractivity contribution in [2.24, 2.45) is 0 Å². The number of carbonyl (C=O) groups is 1.